The number of esters is 1. The van der Waals surface area contributed by atoms with Crippen LogP contribution in [0.25, 0.3) is 0 Å². The van der Waals surface area contributed by atoms with Gasteiger partial charge >= 0.3 is 5.97 Å². The summed E-state index contributed by atoms with van der Waals surface area (Å²) in [6.07, 6.45) is 4.68. The quantitative estimate of drug-likeness (QED) is 0.804. The van der Waals surface area contributed by atoms with Crippen molar-refractivity contribution in [1.29, 1.82) is 0 Å². The van der Waals surface area contributed by atoms with Crippen LogP contribution in [0.15, 0.2) is 12.4 Å². The fourth-order valence-electron chi connectivity index (χ4n) is 2.31. The van der Waals surface area contributed by atoms with Gasteiger partial charge in [0.2, 0.25) is 0 Å². The van der Waals surface area contributed by atoms with Crippen LogP contribution in [0.2, 0.25) is 10.0 Å². The number of hydrogen-bond donors (Lipinski definition) is 0. The highest BCUT2D eigenvalue weighted by Gasteiger charge is 2.27. The van der Waals surface area contributed by atoms with E-state index in [9.17, 15) is 4.79 Å². The van der Waals surface area contributed by atoms with E-state index in [1.165, 1.54) is 0 Å². The van der Waals surface area contributed by atoms with Crippen molar-refractivity contribution in [3.05, 3.63) is 22.4 Å². The second-order valence-corrected chi connectivity index (χ2v) is 5.28. The van der Waals surface area contributed by atoms with Crippen LogP contribution in [0.1, 0.15) is 19.8 Å². The number of ether oxygens (including phenoxy) is 1. The Labute approximate surface area is 122 Å². The number of carbonyl (C=O) groups is 1. The summed E-state index contributed by atoms with van der Waals surface area (Å²) in [5, 5.41) is 1.09. The van der Waals surface area contributed by atoms with E-state index in [-0.39, 0.29) is 11.9 Å². The molecule has 4 nitrogen and oxygen atoms in total. The number of rotatable bonds is 3. The molecule has 2 rings (SSSR count). The first-order valence-electron chi connectivity index (χ1n) is 6.34. The van der Waals surface area contributed by atoms with Crippen molar-refractivity contribution >= 4 is 34.9 Å². The Kier molecular flexibility index (Phi) is 4.88. The minimum Gasteiger partial charge on any atom is -0.466 e. The van der Waals surface area contributed by atoms with Gasteiger partial charge in [-0.15, -0.1) is 0 Å². The summed E-state index contributed by atoms with van der Waals surface area (Å²) in [6, 6.07) is 0. The molecule has 0 N–H and O–H groups in total. The van der Waals surface area contributed by atoms with Crippen LogP contribution in [0, 0.1) is 5.92 Å². The Morgan fingerprint density at radius 2 is 1.95 bits per heavy atom. The van der Waals surface area contributed by atoms with Crippen LogP contribution >= 0.6 is 23.2 Å². The highest BCUT2D eigenvalue weighted by Crippen LogP contribution is 2.35. The molecule has 1 saturated heterocycles. The molecule has 1 aliphatic rings. The van der Waals surface area contributed by atoms with E-state index in [0.29, 0.717) is 16.7 Å². The predicted molar refractivity (Wildman–Crippen MR) is 75.8 cm³/mol. The lowest BCUT2D eigenvalue weighted by Gasteiger charge is -2.33. The zero-order chi connectivity index (χ0) is 13.8. The standard InChI is InChI=1S/C13H16Cl2N2O2/c1-2-19-13(18)9-3-5-17(6-4-9)12-10(14)7-16-8-11(12)15/h7-9H,2-6H2,1H3. The Bertz CT molecular complexity index is 440. The van der Waals surface area contributed by atoms with E-state index in [1.54, 1.807) is 12.4 Å². The molecule has 1 aromatic rings. The summed E-state index contributed by atoms with van der Waals surface area (Å²) in [4.78, 5) is 17.7. The lowest BCUT2D eigenvalue weighted by Crippen LogP contribution is -2.37. The molecule has 0 spiro atoms. The first kappa shape index (κ1) is 14.4. The van der Waals surface area contributed by atoms with Crippen LogP contribution in [0.4, 0.5) is 5.69 Å². The zero-order valence-corrected chi connectivity index (χ0v) is 12.2. The summed E-state index contributed by atoms with van der Waals surface area (Å²) >= 11 is 12.3. The van der Waals surface area contributed by atoms with Gasteiger partial charge in [-0.05, 0) is 19.8 Å². The van der Waals surface area contributed by atoms with Gasteiger partial charge in [-0.2, -0.15) is 0 Å². The van der Waals surface area contributed by atoms with Crippen molar-refractivity contribution in [2.45, 2.75) is 19.8 Å². The normalized spacial score (nSPS) is 16.5. The fraction of sp³-hybridized carbons (Fsp3) is 0.538. The lowest BCUT2D eigenvalue weighted by molar-refractivity contribution is -0.148. The van der Waals surface area contributed by atoms with Crippen LogP contribution in [-0.4, -0.2) is 30.6 Å². The van der Waals surface area contributed by atoms with E-state index in [0.717, 1.165) is 31.6 Å². The highest BCUT2D eigenvalue weighted by atomic mass is 35.5. The first-order valence-corrected chi connectivity index (χ1v) is 7.09. The molecule has 1 aliphatic heterocycles. The number of piperidine rings is 1. The fourth-order valence-corrected chi connectivity index (χ4v) is 2.91. The van der Waals surface area contributed by atoms with Gasteiger partial charge in [-0.25, -0.2) is 0 Å². The zero-order valence-electron chi connectivity index (χ0n) is 10.7. The molecule has 19 heavy (non-hydrogen) atoms. The number of carbonyl (C=O) groups excluding carboxylic acids is 1. The number of anilines is 1. The van der Waals surface area contributed by atoms with Gasteiger partial charge in [0.15, 0.2) is 0 Å². The van der Waals surface area contributed by atoms with E-state index in [2.05, 4.69) is 9.88 Å². The van der Waals surface area contributed by atoms with Crippen molar-refractivity contribution in [1.82, 2.24) is 4.98 Å². The SMILES string of the molecule is CCOC(=O)C1CCN(c2c(Cl)cncc2Cl)CC1. The molecule has 2 heterocycles. The predicted octanol–water partition coefficient (Wildman–Crippen LogP) is 3.17. The molecule has 0 aliphatic carbocycles. The third-order valence-electron chi connectivity index (χ3n) is 3.26. The summed E-state index contributed by atoms with van der Waals surface area (Å²) in [5.41, 5.74) is 0.806. The number of pyridine rings is 1. The summed E-state index contributed by atoms with van der Waals surface area (Å²) in [6.45, 7) is 3.74. The second kappa shape index (κ2) is 6.44. The molecule has 1 fully saturated rings. The van der Waals surface area contributed by atoms with Crippen molar-refractivity contribution < 1.29 is 9.53 Å². The largest absolute Gasteiger partial charge is 0.466 e. The smallest absolute Gasteiger partial charge is 0.309 e. The minimum absolute atomic E-state index is 0.0180. The van der Waals surface area contributed by atoms with Crippen LogP contribution in [0.3, 0.4) is 0 Å². The molecular formula is C13H16Cl2N2O2. The molecule has 0 atom stereocenters. The van der Waals surface area contributed by atoms with Crippen LogP contribution in [0.5, 0.6) is 0 Å². The Morgan fingerprint density at radius 3 is 2.47 bits per heavy atom. The number of hydrogen-bond acceptors (Lipinski definition) is 4. The van der Waals surface area contributed by atoms with Gasteiger partial charge in [0, 0.05) is 25.5 Å². The monoisotopic (exact) mass is 302 g/mol. The number of aromatic nitrogens is 1. The third kappa shape index (κ3) is 3.31. The molecule has 1 aromatic heterocycles. The maximum atomic E-state index is 11.7. The maximum Gasteiger partial charge on any atom is 0.309 e. The molecule has 0 aromatic carbocycles. The van der Waals surface area contributed by atoms with E-state index >= 15 is 0 Å². The van der Waals surface area contributed by atoms with Gasteiger partial charge in [-0.1, -0.05) is 23.2 Å². The molecule has 0 radical (unpaired) electrons. The molecule has 104 valence electrons. The molecule has 6 heteroatoms. The van der Waals surface area contributed by atoms with E-state index in [4.69, 9.17) is 27.9 Å². The summed E-state index contributed by atoms with van der Waals surface area (Å²) < 4.78 is 5.05. The van der Waals surface area contributed by atoms with Gasteiger partial charge in [-0.3, -0.25) is 9.78 Å². The average Bonchev–Trinajstić information content (AvgIpc) is 2.39. The Morgan fingerprint density at radius 1 is 1.37 bits per heavy atom. The molecular weight excluding hydrogens is 287 g/mol. The highest BCUT2D eigenvalue weighted by molar-refractivity contribution is 6.38. The molecule has 0 saturated carbocycles. The van der Waals surface area contributed by atoms with Gasteiger partial charge in [0.25, 0.3) is 0 Å². The number of halogens is 2. The molecule has 0 bridgehead atoms. The first-order chi connectivity index (χ1) is 9.13. The van der Waals surface area contributed by atoms with Crippen LogP contribution < -0.4 is 4.90 Å². The van der Waals surface area contributed by atoms with Gasteiger partial charge in [0.1, 0.15) is 0 Å². The van der Waals surface area contributed by atoms with Crippen molar-refractivity contribution in [3.63, 3.8) is 0 Å². The number of nitrogens with zero attached hydrogens (tertiary/aromatic N) is 2. The van der Waals surface area contributed by atoms with Gasteiger partial charge < -0.3 is 9.64 Å². The third-order valence-corrected chi connectivity index (χ3v) is 3.81. The average molecular weight is 303 g/mol. The van der Waals surface area contributed by atoms with E-state index < -0.39 is 0 Å². The van der Waals surface area contributed by atoms with Gasteiger partial charge in [0.05, 0.1) is 28.3 Å². The summed E-state index contributed by atoms with van der Waals surface area (Å²) in [5.74, 6) is -0.121. The van der Waals surface area contributed by atoms with Crippen LogP contribution in [-0.2, 0) is 9.53 Å². The molecule has 0 amide bonds. The Balaban J connectivity index is 2.02. The molecule has 0 unspecified atom stereocenters. The summed E-state index contributed by atoms with van der Waals surface area (Å²) in [7, 11) is 0. The second-order valence-electron chi connectivity index (χ2n) is 4.47. The van der Waals surface area contributed by atoms with Crippen molar-refractivity contribution in [3.8, 4) is 0 Å². The lowest BCUT2D eigenvalue weighted by atomic mass is 9.96. The van der Waals surface area contributed by atoms with Crippen molar-refractivity contribution in [2.75, 3.05) is 24.6 Å². The minimum atomic E-state index is -0.103. The maximum absolute atomic E-state index is 11.7. The van der Waals surface area contributed by atoms with Crippen molar-refractivity contribution in [2.24, 2.45) is 5.92 Å². The van der Waals surface area contributed by atoms with E-state index in [1.807, 2.05) is 6.92 Å². The topological polar surface area (TPSA) is 42.4 Å². The Hall–Kier alpha value is -1.00.